The van der Waals surface area contributed by atoms with Crippen molar-refractivity contribution in [3.63, 3.8) is 0 Å². The Morgan fingerprint density at radius 3 is 2.44 bits per heavy atom. The zero-order valence-corrected chi connectivity index (χ0v) is 12.3. The van der Waals surface area contributed by atoms with E-state index >= 15 is 0 Å². The Kier molecular flexibility index (Phi) is 3.29. The molecule has 1 unspecified atom stereocenters. The van der Waals surface area contributed by atoms with Gasteiger partial charge in [-0.15, -0.1) is 6.58 Å². The first-order valence-electron chi connectivity index (χ1n) is 7.22. The van der Waals surface area contributed by atoms with Gasteiger partial charge in [-0.3, -0.25) is 4.79 Å². The molecule has 0 heterocycles. The maximum atomic E-state index is 12.5. The second-order valence-electron chi connectivity index (χ2n) is 6.94. The summed E-state index contributed by atoms with van der Waals surface area (Å²) in [6.45, 7) is 12.8. The fourth-order valence-electron chi connectivity index (χ4n) is 3.69. The molecule has 0 aromatic rings. The lowest BCUT2D eigenvalue weighted by molar-refractivity contribution is -0.126. The highest BCUT2D eigenvalue weighted by atomic mass is 16.1. The van der Waals surface area contributed by atoms with E-state index in [1.807, 2.05) is 6.08 Å². The minimum Gasteiger partial charge on any atom is -0.299 e. The molecule has 100 valence electrons. The van der Waals surface area contributed by atoms with Crippen molar-refractivity contribution < 1.29 is 4.79 Å². The summed E-state index contributed by atoms with van der Waals surface area (Å²) in [5.41, 5.74) is 3.05. The Bertz CT molecular complexity index is 415. The predicted molar refractivity (Wildman–Crippen MR) is 76.4 cm³/mol. The number of hydrogen-bond acceptors (Lipinski definition) is 1. The third kappa shape index (κ3) is 1.98. The first kappa shape index (κ1) is 13.6. The molecule has 0 spiro atoms. The average molecular weight is 246 g/mol. The van der Waals surface area contributed by atoms with Crippen LogP contribution in [-0.2, 0) is 4.79 Å². The number of ketones is 1. The molecule has 2 aliphatic rings. The summed E-state index contributed by atoms with van der Waals surface area (Å²) in [5, 5.41) is 0. The van der Waals surface area contributed by atoms with Crippen molar-refractivity contribution in [3.05, 3.63) is 23.8 Å². The van der Waals surface area contributed by atoms with Crippen LogP contribution < -0.4 is 0 Å². The van der Waals surface area contributed by atoms with Crippen LogP contribution in [0.2, 0.25) is 0 Å². The van der Waals surface area contributed by atoms with Gasteiger partial charge in [0.05, 0.1) is 0 Å². The van der Waals surface area contributed by atoms with Gasteiger partial charge in [-0.25, -0.2) is 0 Å². The van der Waals surface area contributed by atoms with E-state index < -0.39 is 0 Å². The Morgan fingerprint density at radius 2 is 1.89 bits per heavy atom. The highest BCUT2D eigenvalue weighted by Crippen LogP contribution is 2.53. The summed E-state index contributed by atoms with van der Waals surface area (Å²) in [7, 11) is 0. The first-order valence-corrected chi connectivity index (χ1v) is 7.22. The van der Waals surface area contributed by atoms with Gasteiger partial charge in [0, 0.05) is 11.8 Å². The highest BCUT2D eigenvalue weighted by Gasteiger charge is 2.45. The van der Waals surface area contributed by atoms with Gasteiger partial charge < -0.3 is 0 Å². The van der Waals surface area contributed by atoms with Crippen LogP contribution in [0.4, 0.5) is 0 Å². The third-order valence-corrected chi connectivity index (χ3v) is 5.29. The molecular formula is C17H26O. The standard InChI is InChI=1S/C17H26O/c1-6-16(4)10-8-14-13(12(2)3)7-9-17(14,5)11-15(16)18/h6,12H,1,7-11H2,2-5H3/t16?,17-/m0/s1. The van der Waals surface area contributed by atoms with Crippen LogP contribution in [0.15, 0.2) is 23.8 Å². The van der Waals surface area contributed by atoms with Gasteiger partial charge in [0.1, 0.15) is 5.78 Å². The fraction of sp³-hybridized carbons (Fsp3) is 0.706. The van der Waals surface area contributed by atoms with Crippen LogP contribution in [-0.4, -0.2) is 5.78 Å². The lowest BCUT2D eigenvalue weighted by atomic mass is 9.76. The van der Waals surface area contributed by atoms with Crippen LogP contribution in [0.5, 0.6) is 0 Å². The molecule has 0 aromatic heterocycles. The zero-order chi connectivity index (χ0) is 13.6. The molecule has 0 saturated heterocycles. The minimum atomic E-state index is -0.303. The summed E-state index contributed by atoms with van der Waals surface area (Å²) in [6, 6.07) is 0. The van der Waals surface area contributed by atoms with E-state index in [4.69, 9.17) is 0 Å². The second-order valence-corrected chi connectivity index (χ2v) is 6.94. The molecule has 0 N–H and O–H groups in total. The highest BCUT2D eigenvalue weighted by molar-refractivity contribution is 5.87. The van der Waals surface area contributed by atoms with Crippen LogP contribution in [0.25, 0.3) is 0 Å². The molecule has 1 heteroatoms. The molecule has 0 amide bonds. The minimum absolute atomic E-state index is 0.136. The van der Waals surface area contributed by atoms with Crippen molar-refractivity contribution in [1.29, 1.82) is 0 Å². The monoisotopic (exact) mass is 246 g/mol. The zero-order valence-electron chi connectivity index (χ0n) is 12.3. The average Bonchev–Trinajstić information content (AvgIpc) is 2.58. The van der Waals surface area contributed by atoms with Crippen molar-refractivity contribution >= 4 is 5.78 Å². The first-order chi connectivity index (χ1) is 8.32. The topological polar surface area (TPSA) is 17.1 Å². The lowest BCUT2D eigenvalue weighted by Crippen LogP contribution is -2.27. The molecule has 1 fully saturated rings. The van der Waals surface area contributed by atoms with E-state index in [2.05, 4.69) is 34.3 Å². The maximum Gasteiger partial charge on any atom is 0.143 e. The molecule has 1 nitrogen and oxygen atoms in total. The summed E-state index contributed by atoms with van der Waals surface area (Å²) in [6.07, 6.45) is 6.96. The van der Waals surface area contributed by atoms with Gasteiger partial charge in [-0.05, 0) is 43.9 Å². The van der Waals surface area contributed by atoms with Crippen molar-refractivity contribution in [2.75, 3.05) is 0 Å². The van der Waals surface area contributed by atoms with E-state index in [1.54, 1.807) is 11.1 Å². The number of fused-ring (bicyclic) bond motifs is 1. The molecule has 0 aliphatic heterocycles. The van der Waals surface area contributed by atoms with Gasteiger partial charge in [-0.2, -0.15) is 0 Å². The van der Waals surface area contributed by atoms with E-state index in [9.17, 15) is 4.79 Å². The van der Waals surface area contributed by atoms with E-state index in [-0.39, 0.29) is 10.8 Å². The molecule has 1 saturated carbocycles. The quantitative estimate of drug-likeness (QED) is 0.646. The van der Waals surface area contributed by atoms with Crippen LogP contribution in [0, 0.1) is 16.7 Å². The SMILES string of the molecule is C=CC1(C)CCC2=C(C(C)C)CC[C@@]2(C)CC1=O. The molecule has 0 radical (unpaired) electrons. The largest absolute Gasteiger partial charge is 0.299 e. The normalized spacial score (nSPS) is 36.8. The van der Waals surface area contributed by atoms with Gasteiger partial charge in [0.2, 0.25) is 0 Å². The van der Waals surface area contributed by atoms with Crippen molar-refractivity contribution in [2.24, 2.45) is 16.7 Å². The van der Waals surface area contributed by atoms with E-state index in [0.717, 1.165) is 19.3 Å². The van der Waals surface area contributed by atoms with Crippen LogP contribution >= 0.6 is 0 Å². The number of carbonyl (C=O) groups excluding carboxylic acids is 1. The predicted octanol–water partition coefficient (Wildman–Crippen LogP) is 4.68. The lowest BCUT2D eigenvalue weighted by Gasteiger charge is -2.26. The smallest absolute Gasteiger partial charge is 0.143 e. The summed E-state index contributed by atoms with van der Waals surface area (Å²) in [4.78, 5) is 12.5. The third-order valence-electron chi connectivity index (χ3n) is 5.29. The second kappa shape index (κ2) is 4.36. The van der Waals surface area contributed by atoms with Crippen molar-refractivity contribution in [1.82, 2.24) is 0 Å². The van der Waals surface area contributed by atoms with Crippen LogP contribution in [0.1, 0.15) is 59.8 Å². The van der Waals surface area contributed by atoms with E-state index in [0.29, 0.717) is 18.1 Å². The Morgan fingerprint density at radius 1 is 1.22 bits per heavy atom. The van der Waals surface area contributed by atoms with Crippen LogP contribution in [0.3, 0.4) is 0 Å². The number of allylic oxidation sites excluding steroid dienone is 3. The number of hydrogen-bond donors (Lipinski definition) is 0. The molecule has 2 atom stereocenters. The Hall–Kier alpha value is -0.850. The molecule has 0 bridgehead atoms. The molecule has 18 heavy (non-hydrogen) atoms. The fourth-order valence-corrected chi connectivity index (χ4v) is 3.69. The summed E-state index contributed by atoms with van der Waals surface area (Å²) in [5.74, 6) is 1.02. The van der Waals surface area contributed by atoms with Gasteiger partial charge >= 0.3 is 0 Å². The maximum absolute atomic E-state index is 12.5. The molecule has 2 aliphatic carbocycles. The molecular weight excluding hydrogens is 220 g/mol. The Balaban J connectivity index is 2.41. The molecule has 2 rings (SSSR count). The number of carbonyl (C=O) groups is 1. The van der Waals surface area contributed by atoms with E-state index in [1.165, 1.54) is 6.42 Å². The van der Waals surface area contributed by atoms with Crippen molar-refractivity contribution in [2.45, 2.75) is 59.8 Å². The number of rotatable bonds is 2. The summed E-state index contributed by atoms with van der Waals surface area (Å²) >= 11 is 0. The number of Topliss-reactive ketones (excluding diaryl/α,β-unsaturated/α-hetero) is 1. The summed E-state index contributed by atoms with van der Waals surface area (Å²) < 4.78 is 0. The van der Waals surface area contributed by atoms with Gasteiger partial charge in [-0.1, -0.05) is 38.0 Å². The Labute approximate surface area is 111 Å². The van der Waals surface area contributed by atoms with Gasteiger partial charge in [0.25, 0.3) is 0 Å². The van der Waals surface area contributed by atoms with Gasteiger partial charge in [0.15, 0.2) is 0 Å². The molecule has 0 aromatic carbocycles. The van der Waals surface area contributed by atoms with Crippen molar-refractivity contribution in [3.8, 4) is 0 Å².